The Morgan fingerprint density at radius 1 is 1.30 bits per heavy atom. The van der Waals surface area contributed by atoms with Crippen LogP contribution in [0.4, 0.5) is 5.69 Å². The Bertz CT molecular complexity index is 642. The molecule has 2 aromatic rings. The fraction of sp³-hybridized carbons (Fsp3) is 0.250. The number of nitrogen functional groups attached to an aromatic ring is 1. The summed E-state index contributed by atoms with van der Waals surface area (Å²) in [4.78, 5) is 0. The number of aliphatic hydroxyl groups excluding tert-OH is 1. The second-order valence-corrected chi connectivity index (χ2v) is 5.96. The van der Waals surface area contributed by atoms with Crippen LogP contribution in [0, 0.1) is 0 Å². The molecular formula is C16H16BrNO2. The number of hydrogen-bond acceptors (Lipinski definition) is 3. The Morgan fingerprint density at radius 3 is 2.95 bits per heavy atom. The fourth-order valence-electron chi connectivity index (χ4n) is 2.59. The van der Waals surface area contributed by atoms with Crippen LogP contribution in [0.2, 0.25) is 0 Å². The lowest BCUT2D eigenvalue weighted by Crippen LogP contribution is -2.04. The molecule has 1 unspecified atom stereocenters. The molecule has 3 N–H and O–H groups in total. The first-order chi connectivity index (χ1) is 9.63. The van der Waals surface area contributed by atoms with Gasteiger partial charge in [-0.3, -0.25) is 0 Å². The lowest BCUT2D eigenvalue weighted by Gasteiger charge is -2.14. The molecular weight excluding hydrogens is 318 g/mol. The largest absolute Gasteiger partial charge is 0.493 e. The standard InChI is InChI=1S/C16H16BrNO2/c17-13-6-11-4-5-20-16(11)12(7-13)9-15(19)10-2-1-3-14(18)8-10/h1-3,6-8,15,19H,4-5,9,18H2. The molecule has 0 saturated carbocycles. The molecule has 0 aromatic heterocycles. The van der Waals surface area contributed by atoms with Gasteiger partial charge in [0.1, 0.15) is 5.75 Å². The van der Waals surface area contributed by atoms with Gasteiger partial charge in [-0.1, -0.05) is 28.1 Å². The highest BCUT2D eigenvalue weighted by atomic mass is 79.9. The Labute approximate surface area is 126 Å². The van der Waals surface area contributed by atoms with Gasteiger partial charge in [-0.15, -0.1) is 0 Å². The number of benzene rings is 2. The van der Waals surface area contributed by atoms with Crippen LogP contribution in [0.25, 0.3) is 0 Å². The SMILES string of the molecule is Nc1cccc(C(O)Cc2cc(Br)cc3c2OCC3)c1. The molecule has 1 aliphatic heterocycles. The van der Waals surface area contributed by atoms with Crippen LogP contribution in [0.15, 0.2) is 40.9 Å². The second kappa shape index (κ2) is 5.46. The third kappa shape index (κ3) is 2.67. The van der Waals surface area contributed by atoms with Gasteiger partial charge in [-0.2, -0.15) is 0 Å². The first kappa shape index (κ1) is 13.5. The summed E-state index contributed by atoms with van der Waals surface area (Å²) < 4.78 is 6.71. The lowest BCUT2D eigenvalue weighted by atomic mass is 9.98. The highest BCUT2D eigenvalue weighted by molar-refractivity contribution is 9.10. The number of ether oxygens (including phenoxy) is 1. The van der Waals surface area contributed by atoms with E-state index in [0.29, 0.717) is 18.7 Å². The zero-order chi connectivity index (χ0) is 14.1. The van der Waals surface area contributed by atoms with E-state index in [1.807, 2.05) is 30.3 Å². The maximum atomic E-state index is 10.4. The molecule has 4 heteroatoms. The van der Waals surface area contributed by atoms with E-state index in [1.165, 1.54) is 5.56 Å². The van der Waals surface area contributed by atoms with E-state index in [1.54, 1.807) is 0 Å². The quantitative estimate of drug-likeness (QED) is 0.848. The average Bonchev–Trinajstić information content (AvgIpc) is 2.86. The summed E-state index contributed by atoms with van der Waals surface area (Å²) in [7, 11) is 0. The van der Waals surface area contributed by atoms with Crippen LogP contribution < -0.4 is 10.5 Å². The fourth-order valence-corrected chi connectivity index (χ4v) is 3.14. The van der Waals surface area contributed by atoms with Gasteiger partial charge in [-0.05, 0) is 41.0 Å². The molecule has 3 nitrogen and oxygen atoms in total. The molecule has 1 heterocycles. The van der Waals surface area contributed by atoms with Crippen molar-refractivity contribution in [3.63, 3.8) is 0 Å². The molecule has 0 aliphatic carbocycles. The predicted molar refractivity (Wildman–Crippen MR) is 82.9 cm³/mol. The van der Waals surface area contributed by atoms with Gasteiger partial charge in [-0.25, -0.2) is 0 Å². The average molecular weight is 334 g/mol. The minimum Gasteiger partial charge on any atom is -0.493 e. The second-order valence-electron chi connectivity index (χ2n) is 5.04. The molecule has 0 fully saturated rings. The third-order valence-electron chi connectivity index (χ3n) is 3.53. The summed E-state index contributed by atoms with van der Waals surface area (Å²) in [5.74, 6) is 0.927. The normalized spacial score (nSPS) is 14.7. The molecule has 3 rings (SSSR count). The van der Waals surface area contributed by atoms with Crippen molar-refractivity contribution >= 4 is 21.6 Å². The van der Waals surface area contributed by atoms with Gasteiger partial charge in [0.2, 0.25) is 0 Å². The highest BCUT2D eigenvalue weighted by Crippen LogP contribution is 2.35. The number of nitrogens with two attached hydrogens (primary N) is 1. The summed E-state index contributed by atoms with van der Waals surface area (Å²) >= 11 is 3.52. The number of anilines is 1. The first-order valence-corrected chi connectivity index (χ1v) is 7.40. The molecule has 104 valence electrons. The summed E-state index contributed by atoms with van der Waals surface area (Å²) in [5.41, 5.74) is 9.49. The van der Waals surface area contributed by atoms with Crippen LogP contribution in [-0.2, 0) is 12.8 Å². The summed E-state index contributed by atoms with van der Waals surface area (Å²) in [6.45, 7) is 0.715. The molecule has 20 heavy (non-hydrogen) atoms. The van der Waals surface area contributed by atoms with E-state index in [2.05, 4.69) is 22.0 Å². The van der Waals surface area contributed by atoms with Gasteiger partial charge in [0.05, 0.1) is 12.7 Å². The van der Waals surface area contributed by atoms with Crippen molar-refractivity contribution in [3.8, 4) is 5.75 Å². The Hall–Kier alpha value is -1.52. The molecule has 0 amide bonds. The van der Waals surface area contributed by atoms with E-state index in [-0.39, 0.29) is 0 Å². The molecule has 0 radical (unpaired) electrons. The van der Waals surface area contributed by atoms with Crippen LogP contribution in [-0.4, -0.2) is 11.7 Å². The molecule has 0 spiro atoms. The summed E-state index contributed by atoms with van der Waals surface area (Å²) in [5, 5.41) is 10.4. The van der Waals surface area contributed by atoms with Crippen LogP contribution in [0.1, 0.15) is 22.8 Å². The first-order valence-electron chi connectivity index (χ1n) is 6.61. The zero-order valence-electron chi connectivity index (χ0n) is 11.0. The number of fused-ring (bicyclic) bond motifs is 1. The van der Waals surface area contributed by atoms with Crippen molar-refractivity contribution in [3.05, 3.63) is 57.6 Å². The number of hydrogen-bond donors (Lipinski definition) is 2. The maximum absolute atomic E-state index is 10.4. The van der Waals surface area contributed by atoms with Gasteiger partial charge in [0.25, 0.3) is 0 Å². The Kier molecular flexibility index (Phi) is 3.68. The highest BCUT2D eigenvalue weighted by Gasteiger charge is 2.20. The van der Waals surface area contributed by atoms with Crippen molar-refractivity contribution in [2.24, 2.45) is 0 Å². The van der Waals surface area contributed by atoms with Crippen LogP contribution in [0.5, 0.6) is 5.75 Å². The monoisotopic (exact) mass is 333 g/mol. The van der Waals surface area contributed by atoms with Crippen molar-refractivity contribution in [2.45, 2.75) is 18.9 Å². The van der Waals surface area contributed by atoms with E-state index < -0.39 is 6.10 Å². The van der Waals surface area contributed by atoms with Crippen molar-refractivity contribution in [1.29, 1.82) is 0 Å². The van der Waals surface area contributed by atoms with Gasteiger partial charge < -0.3 is 15.6 Å². The van der Waals surface area contributed by atoms with Gasteiger partial charge >= 0.3 is 0 Å². The predicted octanol–water partition coefficient (Wildman–Crippen LogP) is 3.24. The minimum atomic E-state index is -0.582. The maximum Gasteiger partial charge on any atom is 0.125 e. The summed E-state index contributed by atoms with van der Waals surface area (Å²) in [6, 6.07) is 11.5. The molecule has 0 saturated heterocycles. The van der Waals surface area contributed by atoms with Crippen molar-refractivity contribution in [2.75, 3.05) is 12.3 Å². The van der Waals surface area contributed by atoms with Crippen LogP contribution in [0.3, 0.4) is 0 Å². The van der Waals surface area contributed by atoms with Gasteiger partial charge in [0.15, 0.2) is 0 Å². The molecule has 1 aliphatic rings. The third-order valence-corrected chi connectivity index (χ3v) is 3.99. The minimum absolute atomic E-state index is 0.519. The van der Waals surface area contributed by atoms with E-state index in [9.17, 15) is 5.11 Å². The molecule has 0 bridgehead atoms. The van der Waals surface area contributed by atoms with E-state index >= 15 is 0 Å². The Morgan fingerprint density at radius 2 is 2.15 bits per heavy atom. The zero-order valence-corrected chi connectivity index (χ0v) is 12.6. The number of halogens is 1. The lowest BCUT2D eigenvalue weighted by molar-refractivity contribution is 0.177. The number of rotatable bonds is 3. The topological polar surface area (TPSA) is 55.5 Å². The van der Waals surface area contributed by atoms with Gasteiger partial charge in [0, 0.05) is 23.0 Å². The smallest absolute Gasteiger partial charge is 0.125 e. The van der Waals surface area contributed by atoms with E-state index in [4.69, 9.17) is 10.5 Å². The van der Waals surface area contributed by atoms with E-state index in [0.717, 1.165) is 27.8 Å². The Balaban J connectivity index is 1.88. The van der Waals surface area contributed by atoms with Crippen LogP contribution >= 0.6 is 15.9 Å². The summed E-state index contributed by atoms with van der Waals surface area (Å²) in [6.07, 6.45) is 0.863. The number of aliphatic hydroxyl groups is 1. The molecule has 2 aromatic carbocycles. The van der Waals surface area contributed by atoms with Crippen molar-refractivity contribution in [1.82, 2.24) is 0 Å². The van der Waals surface area contributed by atoms with Crippen molar-refractivity contribution < 1.29 is 9.84 Å². The molecule has 1 atom stereocenters.